The molecule has 0 aliphatic carbocycles. The van der Waals surface area contributed by atoms with Crippen molar-refractivity contribution in [3.63, 3.8) is 0 Å². The molecule has 0 bridgehead atoms. The largest absolute Gasteiger partial charge is 0.340 e. The molecule has 1 aliphatic heterocycles. The first-order chi connectivity index (χ1) is 6.69. The van der Waals surface area contributed by atoms with Crippen LogP contribution in [0.25, 0.3) is 0 Å². The summed E-state index contributed by atoms with van der Waals surface area (Å²) in [4.78, 5) is 13.9. The highest BCUT2D eigenvalue weighted by Gasteiger charge is 2.27. The lowest BCUT2D eigenvalue weighted by atomic mass is 10.1. The summed E-state index contributed by atoms with van der Waals surface area (Å²) in [5.74, 6) is 0.253. The van der Waals surface area contributed by atoms with Gasteiger partial charge < -0.3 is 10.6 Å². The van der Waals surface area contributed by atoms with Gasteiger partial charge in [-0.3, -0.25) is 4.79 Å². The maximum Gasteiger partial charge on any atom is 0.224 e. The van der Waals surface area contributed by atoms with Crippen LogP contribution in [0.3, 0.4) is 0 Å². The van der Waals surface area contributed by atoms with E-state index in [4.69, 9.17) is 5.73 Å². The first-order valence-electron chi connectivity index (χ1n) is 5.74. The first-order valence-corrected chi connectivity index (χ1v) is 5.74. The average molecular weight is 198 g/mol. The highest BCUT2D eigenvalue weighted by molar-refractivity contribution is 5.77. The van der Waals surface area contributed by atoms with Gasteiger partial charge in [0.05, 0.1) is 0 Å². The minimum atomic E-state index is 0.0422. The van der Waals surface area contributed by atoms with E-state index in [1.54, 1.807) is 0 Å². The minimum Gasteiger partial charge on any atom is -0.340 e. The molecular weight excluding hydrogens is 176 g/mol. The molecule has 2 N–H and O–H groups in total. The Bertz CT molecular complexity index is 194. The second kappa shape index (κ2) is 5.35. The lowest BCUT2D eigenvalue weighted by molar-refractivity contribution is -0.132. The van der Waals surface area contributed by atoms with Gasteiger partial charge in [-0.05, 0) is 25.7 Å². The van der Waals surface area contributed by atoms with Crippen LogP contribution in [0, 0.1) is 0 Å². The molecule has 0 saturated carbocycles. The Morgan fingerprint density at radius 1 is 1.57 bits per heavy atom. The zero-order chi connectivity index (χ0) is 10.6. The highest BCUT2D eigenvalue weighted by Crippen LogP contribution is 2.20. The molecule has 1 rings (SSSR count). The van der Waals surface area contributed by atoms with Crippen LogP contribution in [0.2, 0.25) is 0 Å². The summed E-state index contributed by atoms with van der Waals surface area (Å²) in [5, 5.41) is 0. The smallest absolute Gasteiger partial charge is 0.224 e. The third kappa shape index (κ3) is 2.71. The molecule has 0 aromatic carbocycles. The van der Waals surface area contributed by atoms with E-state index in [0.717, 1.165) is 25.8 Å². The number of hydrogen-bond donors (Lipinski definition) is 1. The van der Waals surface area contributed by atoms with E-state index >= 15 is 0 Å². The van der Waals surface area contributed by atoms with E-state index in [9.17, 15) is 4.79 Å². The molecular formula is C11H22N2O. The zero-order valence-corrected chi connectivity index (χ0v) is 9.33. The van der Waals surface area contributed by atoms with Crippen LogP contribution in [-0.2, 0) is 4.79 Å². The fourth-order valence-electron chi connectivity index (χ4n) is 2.07. The van der Waals surface area contributed by atoms with Gasteiger partial charge in [0.2, 0.25) is 5.91 Å². The molecule has 0 radical (unpaired) electrons. The predicted molar refractivity (Wildman–Crippen MR) is 57.9 cm³/mol. The summed E-state index contributed by atoms with van der Waals surface area (Å²) in [7, 11) is 0. The van der Waals surface area contributed by atoms with Crippen LogP contribution in [0.15, 0.2) is 0 Å². The van der Waals surface area contributed by atoms with Crippen molar-refractivity contribution < 1.29 is 4.79 Å². The van der Waals surface area contributed by atoms with Crippen LogP contribution in [0.1, 0.15) is 46.0 Å². The van der Waals surface area contributed by atoms with E-state index < -0.39 is 0 Å². The van der Waals surface area contributed by atoms with Gasteiger partial charge in [0.15, 0.2) is 0 Å². The van der Waals surface area contributed by atoms with E-state index in [1.807, 2.05) is 11.8 Å². The quantitative estimate of drug-likeness (QED) is 0.744. The van der Waals surface area contributed by atoms with Gasteiger partial charge in [-0.15, -0.1) is 0 Å². The Hall–Kier alpha value is -0.570. The molecule has 0 aromatic heterocycles. The normalized spacial score (nSPS) is 23.9. The molecule has 0 spiro atoms. The molecule has 1 aliphatic rings. The number of likely N-dealkylation sites (tertiary alicyclic amines) is 1. The fraction of sp³-hybridized carbons (Fsp3) is 0.909. The minimum absolute atomic E-state index is 0.0422. The molecule has 1 amide bonds. The van der Waals surface area contributed by atoms with Gasteiger partial charge in [-0.25, -0.2) is 0 Å². The van der Waals surface area contributed by atoms with Gasteiger partial charge in [0.25, 0.3) is 0 Å². The second-order valence-electron chi connectivity index (χ2n) is 4.16. The summed E-state index contributed by atoms with van der Waals surface area (Å²) in [5.41, 5.74) is 5.78. The van der Waals surface area contributed by atoms with Crippen molar-refractivity contribution in [2.24, 2.45) is 5.73 Å². The molecule has 0 aromatic rings. The third-order valence-electron chi connectivity index (χ3n) is 3.13. The van der Waals surface area contributed by atoms with Crippen LogP contribution < -0.4 is 5.73 Å². The van der Waals surface area contributed by atoms with E-state index in [1.165, 1.54) is 6.42 Å². The van der Waals surface area contributed by atoms with Crippen molar-refractivity contribution in [1.29, 1.82) is 0 Å². The summed E-state index contributed by atoms with van der Waals surface area (Å²) in [6.45, 7) is 5.11. The Morgan fingerprint density at radius 3 is 2.86 bits per heavy atom. The monoisotopic (exact) mass is 198 g/mol. The molecule has 1 heterocycles. The van der Waals surface area contributed by atoms with Crippen molar-refractivity contribution in [2.75, 3.05) is 6.54 Å². The van der Waals surface area contributed by atoms with Crippen LogP contribution in [-0.4, -0.2) is 29.4 Å². The number of rotatable bonds is 4. The number of nitrogens with zero attached hydrogens (tertiary/aromatic N) is 1. The number of hydrogen-bond acceptors (Lipinski definition) is 2. The Morgan fingerprint density at radius 2 is 2.29 bits per heavy atom. The highest BCUT2D eigenvalue weighted by atomic mass is 16.2. The molecule has 2 atom stereocenters. The molecule has 1 saturated heterocycles. The second-order valence-corrected chi connectivity index (χ2v) is 4.16. The lowest BCUT2D eigenvalue weighted by Crippen LogP contribution is -2.38. The molecule has 2 unspecified atom stereocenters. The maximum atomic E-state index is 11.8. The molecule has 82 valence electrons. The van der Waals surface area contributed by atoms with Gasteiger partial charge in [-0.1, -0.05) is 13.8 Å². The van der Waals surface area contributed by atoms with Crippen molar-refractivity contribution >= 4 is 5.91 Å². The van der Waals surface area contributed by atoms with Gasteiger partial charge in [0, 0.05) is 25.0 Å². The van der Waals surface area contributed by atoms with Crippen LogP contribution in [0.4, 0.5) is 0 Å². The van der Waals surface area contributed by atoms with E-state index in [0.29, 0.717) is 12.5 Å². The summed E-state index contributed by atoms with van der Waals surface area (Å²) < 4.78 is 0. The number of amides is 1. The molecule has 3 heteroatoms. The van der Waals surface area contributed by atoms with Gasteiger partial charge in [0.1, 0.15) is 0 Å². The zero-order valence-electron chi connectivity index (χ0n) is 9.33. The molecule has 14 heavy (non-hydrogen) atoms. The summed E-state index contributed by atoms with van der Waals surface area (Å²) in [6.07, 6.45) is 4.81. The van der Waals surface area contributed by atoms with Crippen molar-refractivity contribution in [1.82, 2.24) is 4.90 Å². The average Bonchev–Trinajstić information content (AvgIpc) is 2.65. The Labute approximate surface area is 86.6 Å². The number of nitrogens with two attached hydrogens (primary N) is 1. The fourth-order valence-corrected chi connectivity index (χ4v) is 2.07. The first kappa shape index (κ1) is 11.5. The van der Waals surface area contributed by atoms with Crippen LogP contribution in [0.5, 0.6) is 0 Å². The topological polar surface area (TPSA) is 46.3 Å². The van der Waals surface area contributed by atoms with E-state index in [-0.39, 0.29) is 11.9 Å². The van der Waals surface area contributed by atoms with E-state index in [2.05, 4.69) is 6.92 Å². The van der Waals surface area contributed by atoms with Crippen molar-refractivity contribution in [3.8, 4) is 0 Å². The summed E-state index contributed by atoms with van der Waals surface area (Å²) in [6, 6.07) is 0.521. The van der Waals surface area contributed by atoms with Crippen molar-refractivity contribution in [2.45, 2.75) is 58.0 Å². The summed E-state index contributed by atoms with van der Waals surface area (Å²) >= 11 is 0. The molecule has 3 nitrogen and oxygen atoms in total. The predicted octanol–water partition coefficient (Wildman–Crippen LogP) is 1.51. The third-order valence-corrected chi connectivity index (χ3v) is 3.13. The Balaban J connectivity index is 2.43. The lowest BCUT2D eigenvalue weighted by Gasteiger charge is -2.24. The van der Waals surface area contributed by atoms with Gasteiger partial charge in [-0.2, -0.15) is 0 Å². The molecule has 1 fully saturated rings. The Kier molecular flexibility index (Phi) is 4.39. The number of carbonyl (C=O) groups excluding carboxylic acids is 1. The van der Waals surface area contributed by atoms with Crippen molar-refractivity contribution in [3.05, 3.63) is 0 Å². The van der Waals surface area contributed by atoms with Gasteiger partial charge >= 0.3 is 0 Å². The SMILES string of the molecule is CCC(N)CC(=O)N1CCCC1CC. The number of carbonyl (C=O) groups is 1. The maximum absolute atomic E-state index is 11.8. The van der Waals surface area contributed by atoms with Crippen LogP contribution >= 0.6 is 0 Å². The standard InChI is InChI=1S/C11H22N2O/c1-3-9(12)8-11(14)13-7-5-6-10(13)4-2/h9-10H,3-8,12H2,1-2H3.